The number of carbonyl (C=O) groups excluding carboxylic acids is 2. The molecule has 0 aliphatic heterocycles. The van der Waals surface area contributed by atoms with E-state index < -0.39 is 35.7 Å². The molecular formula is C26H32N2O6. The SMILES string of the molecule is CC[C@@H](NC(=O)OCC1c2ccccc2-c2ccccc21)C(=O)NC(CC(C)(C)OC)C(=O)O. The fourth-order valence-corrected chi connectivity index (χ4v) is 4.18. The number of carboxylic acids is 1. The largest absolute Gasteiger partial charge is 0.480 e. The van der Waals surface area contributed by atoms with Gasteiger partial charge in [-0.1, -0.05) is 55.5 Å². The molecule has 2 aromatic carbocycles. The Morgan fingerprint density at radius 1 is 0.971 bits per heavy atom. The maximum Gasteiger partial charge on any atom is 0.407 e. The van der Waals surface area contributed by atoms with Gasteiger partial charge in [-0.05, 0) is 42.5 Å². The van der Waals surface area contributed by atoms with Crippen molar-refractivity contribution >= 4 is 18.0 Å². The van der Waals surface area contributed by atoms with Crippen LogP contribution < -0.4 is 10.6 Å². The van der Waals surface area contributed by atoms with E-state index in [0.29, 0.717) is 0 Å². The number of hydrogen-bond donors (Lipinski definition) is 3. The summed E-state index contributed by atoms with van der Waals surface area (Å²) in [5.41, 5.74) is 3.68. The van der Waals surface area contributed by atoms with Gasteiger partial charge in [-0.3, -0.25) is 4.79 Å². The van der Waals surface area contributed by atoms with Crippen LogP contribution in [0.4, 0.5) is 4.79 Å². The number of hydrogen-bond acceptors (Lipinski definition) is 5. The lowest BCUT2D eigenvalue weighted by Gasteiger charge is -2.28. The number of benzene rings is 2. The van der Waals surface area contributed by atoms with E-state index in [1.807, 2.05) is 36.4 Å². The zero-order valence-electron chi connectivity index (χ0n) is 20.0. The molecule has 34 heavy (non-hydrogen) atoms. The Balaban J connectivity index is 1.61. The lowest BCUT2D eigenvalue weighted by atomic mass is 9.98. The van der Waals surface area contributed by atoms with Crippen molar-refractivity contribution in [3.05, 3.63) is 59.7 Å². The van der Waals surface area contributed by atoms with E-state index in [-0.39, 0.29) is 25.4 Å². The van der Waals surface area contributed by atoms with Gasteiger partial charge < -0.3 is 25.2 Å². The maximum absolute atomic E-state index is 12.7. The number of aliphatic carboxylic acids is 1. The Hall–Kier alpha value is -3.39. The Morgan fingerprint density at radius 2 is 1.53 bits per heavy atom. The third kappa shape index (κ3) is 5.75. The fraction of sp³-hybridized carbons (Fsp3) is 0.423. The summed E-state index contributed by atoms with van der Waals surface area (Å²) in [5.74, 6) is -1.86. The van der Waals surface area contributed by atoms with E-state index in [0.717, 1.165) is 22.3 Å². The van der Waals surface area contributed by atoms with Crippen molar-refractivity contribution in [3.8, 4) is 11.1 Å². The van der Waals surface area contributed by atoms with Gasteiger partial charge in [0.15, 0.2) is 0 Å². The first-order valence-corrected chi connectivity index (χ1v) is 11.4. The standard InChI is InChI=1S/C26H32N2O6/c1-5-21(23(29)27-22(24(30)31)14-26(2,3)33-4)28-25(32)34-15-20-18-12-8-6-10-16(18)17-11-7-9-13-19(17)20/h6-13,20-22H,5,14-15H2,1-4H3,(H,27,29)(H,28,32)(H,30,31)/t21-,22?/m1/s1. The van der Waals surface area contributed by atoms with Crippen LogP contribution in [-0.2, 0) is 19.1 Å². The Bertz CT molecular complexity index is 1010. The van der Waals surface area contributed by atoms with E-state index in [2.05, 4.69) is 22.8 Å². The van der Waals surface area contributed by atoms with Crippen molar-refractivity contribution in [1.29, 1.82) is 0 Å². The molecule has 0 saturated carbocycles. The summed E-state index contributed by atoms with van der Waals surface area (Å²) >= 11 is 0. The molecule has 0 radical (unpaired) electrons. The predicted molar refractivity (Wildman–Crippen MR) is 128 cm³/mol. The molecule has 0 heterocycles. The van der Waals surface area contributed by atoms with Gasteiger partial charge in [0.1, 0.15) is 18.7 Å². The molecule has 182 valence electrons. The summed E-state index contributed by atoms with van der Waals surface area (Å²) < 4.78 is 10.8. The number of ether oxygens (including phenoxy) is 2. The zero-order valence-corrected chi connectivity index (χ0v) is 20.0. The molecule has 1 aliphatic carbocycles. The first-order valence-electron chi connectivity index (χ1n) is 11.4. The van der Waals surface area contributed by atoms with Crippen LogP contribution in [0.1, 0.15) is 50.7 Å². The van der Waals surface area contributed by atoms with Crippen molar-refractivity contribution in [2.45, 2.75) is 57.2 Å². The van der Waals surface area contributed by atoms with E-state index in [1.54, 1.807) is 20.8 Å². The quantitative estimate of drug-likeness (QED) is 0.490. The molecular weight excluding hydrogens is 436 g/mol. The first kappa shape index (κ1) is 25.2. The van der Waals surface area contributed by atoms with Crippen LogP contribution >= 0.6 is 0 Å². The van der Waals surface area contributed by atoms with Gasteiger partial charge in [-0.15, -0.1) is 0 Å². The van der Waals surface area contributed by atoms with Crippen LogP contribution in [0.25, 0.3) is 11.1 Å². The highest BCUT2D eigenvalue weighted by Crippen LogP contribution is 2.44. The summed E-state index contributed by atoms with van der Waals surface area (Å²) in [7, 11) is 1.48. The van der Waals surface area contributed by atoms with Gasteiger partial charge in [-0.25, -0.2) is 9.59 Å². The average Bonchev–Trinajstić information content (AvgIpc) is 3.14. The van der Waals surface area contributed by atoms with Crippen LogP contribution in [0, 0.1) is 0 Å². The number of nitrogens with one attached hydrogen (secondary N) is 2. The molecule has 0 bridgehead atoms. The number of carboxylic acid groups (broad SMARTS) is 1. The second kappa shape index (κ2) is 10.7. The maximum atomic E-state index is 12.7. The Kier molecular flexibility index (Phi) is 7.94. The molecule has 0 spiro atoms. The van der Waals surface area contributed by atoms with Crippen molar-refractivity contribution in [3.63, 3.8) is 0 Å². The summed E-state index contributed by atoms with van der Waals surface area (Å²) in [6.45, 7) is 5.32. The van der Waals surface area contributed by atoms with Crippen molar-refractivity contribution in [1.82, 2.24) is 10.6 Å². The third-order valence-corrected chi connectivity index (χ3v) is 6.22. The van der Waals surface area contributed by atoms with E-state index in [9.17, 15) is 19.5 Å². The highest BCUT2D eigenvalue weighted by Gasteiger charge is 2.32. The van der Waals surface area contributed by atoms with Crippen LogP contribution in [0.3, 0.4) is 0 Å². The molecule has 2 aromatic rings. The minimum atomic E-state index is -1.17. The second-order valence-electron chi connectivity index (χ2n) is 9.00. The summed E-state index contributed by atoms with van der Waals surface area (Å²) in [4.78, 5) is 36.9. The van der Waals surface area contributed by atoms with E-state index >= 15 is 0 Å². The molecule has 3 rings (SSSR count). The molecule has 0 fully saturated rings. The highest BCUT2D eigenvalue weighted by atomic mass is 16.5. The predicted octanol–water partition coefficient (Wildman–Crippen LogP) is 3.69. The number of rotatable bonds is 10. The van der Waals surface area contributed by atoms with Crippen LogP contribution in [-0.4, -0.2) is 54.5 Å². The van der Waals surface area contributed by atoms with Gasteiger partial charge in [0.25, 0.3) is 0 Å². The van der Waals surface area contributed by atoms with Gasteiger partial charge in [0.05, 0.1) is 5.60 Å². The zero-order chi connectivity index (χ0) is 24.9. The summed E-state index contributed by atoms with van der Waals surface area (Å²) in [6.07, 6.45) is -0.380. The molecule has 2 atom stereocenters. The minimum Gasteiger partial charge on any atom is -0.480 e. The van der Waals surface area contributed by atoms with Gasteiger partial charge in [0, 0.05) is 19.4 Å². The summed E-state index contributed by atoms with van der Waals surface area (Å²) in [5, 5.41) is 14.6. The highest BCUT2D eigenvalue weighted by molar-refractivity contribution is 5.89. The molecule has 8 nitrogen and oxygen atoms in total. The van der Waals surface area contributed by atoms with Crippen molar-refractivity contribution in [2.24, 2.45) is 0 Å². The van der Waals surface area contributed by atoms with Gasteiger partial charge in [-0.2, -0.15) is 0 Å². The molecule has 8 heteroatoms. The van der Waals surface area contributed by atoms with Crippen molar-refractivity contribution < 1.29 is 29.0 Å². The molecule has 1 aliphatic rings. The topological polar surface area (TPSA) is 114 Å². The number of alkyl carbamates (subject to hydrolysis) is 1. The van der Waals surface area contributed by atoms with Crippen LogP contribution in [0.5, 0.6) is 0 Å². The molecule has 1 unspecified atom stereocenters. The lowest BCUT2D eigenvalue weighted by molar-refractivity contribution is -0.144. The fourth-order valence-electron chi connectivity index (χ4n) is 4.18. The monoisotopic (exact) mass is 468 g/mol. The Morgan fingerprint density at radius 3 is 2.03 bits per heavy atom. The molecule has 3 N–H and O–H groups in total. The molecule has 0 saturated heterocycles. The van der Waals surface area contributed by atoms with Crippen LogP contribution in [0.15, 0.2) is 48.5 Å². The number of carbonyl (C=O) groups is 3. The lowest BCUT2D eigenvalue weighted by Crippen LogP contribution is -2.53. The molecule has 0 aromatic heterocycles. The first-order chi connectivity index (χ1) is 16.2. The third-order valence-electron chi connectivity index (χ3n) is 6.22. The Labute approximate surface area is 199 Å². The normalized spacial score (nSPS) is 14.5. The van der Waals surface area contributed by atoms with Gasteiger partial charge in [0.2, 0.25) is 5.91 Å². The number of fused-ring (bicyclic) bond motifs is 3. The number of methoxy groups -OCH3 is 1. The van der Waals surface area contributed by atoms with E-state index in [1.165, 1.54) is 7.11 Å². The second-order valence-corrected chi connectivity index (χ2v) is 9.00. The molecule has 2 amide bonds. The van der Waals surface area contributed by atoms with Crippen molar-refractivity contribution in [2.75, 3.05) is 13.7 Å². The van der Waals surface area contributed by atoms with E-state index in [4.69, 9.17) is 9.47 Å². The average molecular weight is 469 g/mol. The summed E-state index contributed by atoms with van der Waals surface area (Å²) in [6, 6.07) is 13.9. The smallest absolute Gasteiger partial charge is 0.407 e. The minimum absolute atomic E-state index is 0.0753. The van der Waals surface area contributed by atoms with Crippen LogP contribution in [0.2, 0.25) is 0 Å². The van der Waals surface area contributed by atoms with Gasteiger partial charge >= 0.3 is 12.1 Å². The number of amides is 2.